The molecule has 15 heavy (non-hydrogen) atoms. The van der Waals surface area contributed by atoms with Gasteiger partial charge in [-0.3, -0.25) is 4.79 Å². The van der Waals surface area contributed by atoms with Gasteiger partial charge in [0.25, 0.3) is 0 Å². The number of amides is 1. The van der Waals surface area contributed by atoms with Crippen LogP contribution in [-0.4, -0.2) is 31.7 Å². The molecule has 0 aromatic carbocycles. The van der Waals surface area contributed by atoms with Gasteiger partial charge in [0.15, 0.2) is 0 Å². The Kier molecular flexibility index (Phi) is 4.11. The number of carbonyl (C=O) groups is 1. The molecule has 1 heterocycles. The monoisotopic (exact) mass is 214 g/mol. The van der Waals surface area contributed by atoms with Crippen LogP contribution in [0.2, 0.25) is 0 Å². The van der Waals surface area contributed by atoms with Crippen molar-refractivity contribution in [3.05, 3.63) is 0 Å². The first-order chi connectivity index (χ1) is 6.94. The second-order valence-electron chi connectivity index (χ2n) is 4.98. The van der Waals surface area contributed by atoms with E-state index < -0.39 is 0 Å². The maximum absolute atomic E-state index is 11.7. The van der Waals surface area contributed by atoms with Crippen molar-refractivity contribution in [2.75, 3.05) is 19.8 Å². The number of rotatable bonds is 4. The Morgan fingerprint density at radius 3 is 2.73 bits per heavy atom. The largest absolute Gasteiger partial charge is 0.381 e. The highest BCUT2D eigenvalue weighted by Crippen LogP contribution is 2.26. The highest BCUT2D eigenvalue weighted by Gasteiger charge is 2.30. The molecule has 0 bridgehead atoms. The Balaban J connectivity index is 2.33. The molecular formula is C11H22N2O2. The summed E-state index contributed by atoms with van der Waals surface area (Å²) in [6, 6.07) is -0.0994. The molecule has 3 unspecified atom stereocenters. The van der Waals surface area contributed by atoms with Gasteiger partial charge in [-0.1, -0.05) is 13.8 Å². The van der Waals surface area contributed by atoms with E-state index in [1.165, 1.54) is 0 Å². The SMILES string of the molecule is CC(N)C(C)C(=O)NCC1(C)CCOC1. The number of carbonyl (C=O) groups excluding carboxylic acids is 1. The van der Waals surface area contributed by atoms with Crippen molar-refractivity contribution in [1.82, 2.24) is 5.32 Å². The van der Waals surface area contributed by atoms with Gasteiger partial charge in [0.2, 0.25) is 5.91 Å². The number of nitrogens with one attached hydrogen (secondary N) is 1. The first-order valence-electron chi connectivity index (χ1n) is 5.56. The van der Waals surface area contributed by atoms with Crippen LogP contribution in [0.15, 0.2) is 0 Å². The number of hydrogen-bond acceptors (Lipinski definition) is 3. The van der Waals surface area contributed by atoms with Crippen LogP contribution < -0.4 is 11.1 Å². The third-order valence-electron chi connectivity index (χ3n) is 3.19. The minimum absolute atomic E-state index is 0.0399. The predicted octanol–water partition coefficient (Wildman–Crippen LogP) is 0.513. The highest BCUT2D eigenvalue weighted by molar-refractivity contribution is 5.78. The lowest BCUT2D eigenvalue weighted by Gasteiger charge is -2.24. The van der Waals surface area contributed by atoms with Crippen LogP contribution in [-0.2, 0) is 9.53 Å². The second-order valence-corrected chi connectivity index (χ2v) is 4.98. The molecular weight excluding hydrogens is 192 g/mol. The lowest BCUT2D eigenvalue weighted by atomic mass is 9.90. The van der Waals surface area contributed by atoms with Crippen LogP contribution >= 0.6 is 0 Å². The summed E-state index contributed by atoms with van der Waals surface area (Å²) in [5, 5.41) is 2.95. The van der Waals surface area contributed by atoms with Crippen LogP contribution in [0.25, 0.3) is 0 Å². The first kappa shape index (κ1) is 12.5. The number of ether oxygens (including phenoxy) is 1. The van der Waals surface area contributed by atoms with Gasteiger partial charge in [0, 0.05) is 30.5 Å². The van der Waals surface area contributed by atoms with Crippen molar-refractivity contribution < 1.29 is 9.53 Å². The second kappa shape index (κ2) is 4.94. The maximum atomic E-state index is 11.7. The van der Waals surface area contributed by atoms with Crippen LogP contribution in [0.3, 0.4) is 0 Å². The Bertz CT molecular complexity index is 223. The summed E-state index contributed by atoms with van der Waals surface area (Å²) in [6.07, 6.45) is 1.01. The molecule has 0 radical (unpaired) electrons. The molecule has 0 aliphatic carbocycles. The molecule has 88 valence electrons. The average Bonchev–Trinajstić information content (AvgIpc) is 2.61. The van der Waals surface area contributed by atoms with E-state index >= 15 is 0 Å². The van der Waals surface area contributed by atoms with E-state index in [9.17, 15) is 4.79 Å². The van der Waals surface area contributed by atoms with Gasteiger partial charge in [-0.2, -0.15) is 0 Å². The van der Waals surface area contributed by atoms with E-state index in [2.05, 4.69) is 12.2 Å². The van der Waals surface area contributed by atoms with E-state index in [-0.39, 0.29) is 23.3 Å². The quantitative estimate of drug-likeness (QED) is 0.717. The summed E-state index contributed by atoms with van der Waals surface area (Å²) >= 11 is 0. The molecule has 0 saturated carbocycles. The third kappa shape index (κ3) is 3.47. The molecule has 0 aromatic heterocycles. The van der Waals surface area contributed by atoms with Crippen molar-refractivity contribution in [2.45, 2.75) is 33.2 Å². The molecule has 4 nitrogen and oxygen atoms in total. The minimum Gasteiger partial charge on any atom is -0.381 e. The van der Waals surface area contributed by atoms with Crippen molar-refractivity contribution in [3.63, 3.8) is 0 Å². The molecule has 1 aliphatic rings. The fourth-order valence-corrected chi connectivity index (χ4v) is 1.55. The summed E-state index contributed by atoms with van der Waals surface area (Å²) in [6.45, 7) is 8.06. The molecule has 1 fully saturated rings. The van der Waals surface area contributed by atoms with Crippen LogP contribution in [0, 0.1) is 11.3 Å². The molecule has 0 spiro atoms. The fraction of sp³-hybridized carbons (Fsp3) is 0.909. The van der Waals surface area contributed by atoms with Crippen molar-refractivity contribution in [1.29, 1.82) is 0 Å². The third-order valence-corrected chi connectivity index (χ3v) is 3.19. The highest BCUT2D eigenvalue weighted by atomic mass is 16.5. The zero-order valence-electron chi connectivity index (χ0n) is 9.88. The Hall–Kier alpha value is -0.610. The number of nitrogens with two attached hydrogens (primary N) is 1. The Labute approximate surface area is 91.5 Å². The van der Waals surface area contributed by atoms with E-state index in [0.29, 0.717) is 6.54 Å². The van der Waals surface area contributed by atoms with Crippen LogP contribution in [0.5, 0.6) is 0 Å². The van der Waals surface area contributed by atoms with Crippen molar-refractivity contribution >= 4 is 5.91 Å². The smallest absolute Gasteiger partial charge is 0.224 e. The summed E-state index contributed by atoms with van der Waals surface area (Å²) < 4.78 is 5.32. The van der Waals surface area contributed by atoms with Crippen molar-refractivity contribution in [3.8, 4) is 0 Å². The zero-order valence-corrected chi connectivity index (χ0v) is 9.88. The van der Waals surface area contributed by atoms with Crippen molar-refractivity contribution in [2.24, 2.45) is 17.1 Å². The molecule has 1 amide bonds. The molecule has 1 rings (SSSR count). The Morgan fingerprint density at radius 1 is 1.60 bits per heavy atom. The van der Waals surface area contributed by atoms with E-state index in [4.69, 9.17) is 10.5 Å². The van der Waals surface area contributed by atoms with Gasteiger partial charge in [0.05, 0.1) is 6.61 Å². The topological polar surface area (TPSA) is 64.4 Å². The van der Waals surface area contributed by atoms with Crippen LogP contribution in [0.4, 0.5) is 0 Å². The van der Waals surface area contributed by atoms with Gasteiger partial charge in [-0.25, -0.2) is 0 Å². The Morgan fingerprint density at radius 2 is 2.27 bits per heavy atom. The fourth-order valence-electron chi connectivity index (χ4n) is 1.55. The van der Waals surface area contributed by atoms with E-state index in [1.54, 1.807) is 0 Å². The molecule has 1 aliphatic heterocycles. The van der Waals surface area contributed by atoms with E-state index in [0.717, 1.165) is 19.6 Å². The van der Waals surface area contributed by atoms with Gasteiger partial charge in [-0.15, -0.1) is 0 Å². The summed E-state index contributed by atoms with van der Waals surface area (Å²) in [5.41, 5.74) is 5.77. The molecule has 4 heteroatoms. The predicted molar refractivity (Wildman–Crippen MR) is 59.4 cm³/mol. The summed E-state index contributed by atoms with van der Waals surface area (Å²) in [7, 11) is 0. The molecule has 3 N–H and O–H groups in total. The van der Waals surface area contributed by atoms with Gasteiger partial charge in [-0.05, 0) is 13.3 Å². The normalized spacial score (nSPS) is 29.9. The summed E-state index contributed by atoms with van der Waals surface area (Å²) in [4.78, 5) is 11.7. The number of hydrogen-bond donors (Lipinski definition) is 2. The summed E-state index contributed by atoms with van der Waals surface area (Å²) in [5.74, 6) is -0.0888. The average molecular weight is 214 g/mol. The van der Waals surface area contributed by atoms with Gasteiger partial charge in [0.1, 0.15) is 0 Å². The molecule has 1 saturated heterocycles. The standard InChI is InChI=1S/C11H22N2O2/c1-8(9(2)12)10(14)13-6-11(3)4-5-15-7-11/h8-9H,4-7,12H2,1-3H3,(H,13,14). The molecule has 3 atom stereocenters. The lowest BCUT2D eigenvalue weighted by Crippen LogP contribution is -2.43. The van der Waals surface area contributed by atoms with Gasteiger partial charge < -0.3 is 15.8 Å². The molecule has 0 aromatic rings. The zero-order chi connectivity index (χ0) is 11.5. The maximum Gasteiger partial charge on any atom is 0.224 e. The minimum atomic E-state index is -0.129. The van der Waals surface area contributed by atoms with E-state index in [1.807, 2.05) is 13.8 Å². The first-order valence-corrected chi connectivity index (χ1v) is 5.56. The van der Waals surface area contributed by atoms with Gasteiger partial charge >= 0.3 is 0 Å². The van der Waals surface area contributed by atoms with Crippen LogP contribution in [0.1, 0.15) is 27.2 Å². The lowest BCUT2D eigenvalue weighted by molar-refractivity contribution is -0.125.